The molecule has 0 bridgehead atoms. The molecule has 1 aliphatic rings. The Kier molecular flexibility index (Phi) is 4.50. The third kappa shape index (κ3) is 3.52. The highest BCUT2D eigenvalue weighted by atomic mass is 16.6. The van der Waals surface area contributed by atoms with E-state index >= 15 is 0 Å². The molecule has 3 N–H and O–H groups in total. The minimum Gasteiger partial charge on any atom is -0.328 e. The van der Waals surface area contributed by atoms with Gasteiger partial charge in [-0.2, -0.15) is 0 Å². The van der Waals surface area contributed by atoms with Gasteiger partial charge in [-0.3, -0.25) is 10.1 Å². The van der Waals surface area contributed by atoms with Crippen LogP contribution in [0.1, 0.15) is 44.2 Å². The van der Waals surface area contributed by atoms with Crippen LogP contribution >= 0.6 is 0 Å². The molecule has 0 aliphatic heterocycles. The molecule has 0 aromatic heterocycles. The molecule has 1 unspecified atom stereocenters. The van der Waals surface area contributed by atoms with Crippen molar-refractivity contribution in [2.24, 2.45) is 5.73 Å². The number of nitrogens with one attached hydrogen (secondary N) is 1. The first kappa shape index (κ1) is 14.0. The fourth-order valence-corrected chi connectivity index (χ4v) is 2.75. The summed E-state index contributed by atoms with van der Waals surface area (Å²) in [6, 6.07) is 7.65. The van der Waals surface area contributed by atoms with Crippen LogP contribution in [0.5, 0.6) is 0 Å². The standard InChI is InChI=1S/C14H21N3O2/c1-10(16-12-8-6-11(15)7-9-12)13-4-2-3-5-14(13)17(18)19/h2-5,10-12,16H,6-9,15H2,1H3. The summed E-state index contributed by atoms with van der Waals surface area (Å²) in [4.78, 5) is 10.7. The van der Waals surface area contributed by atoms with E-state index in [2.05, 4.69) is 5.32 Å². The van der Waals surface area contributed by atoms with Gasteiger partial charge in [0, 0.05) is 29.8 Å². The lowest BCUT2D eigenvalue weighted by atomic mass is 9.91. The Morgan fingerprint density at radius 3 is 2.58 bits per heavy atom. The lowest BCUT2D eigenvalue weighted by Gasteiger charge is -2.29. The van der Waals surface area contributed by atoms with E-state index in [1.165, 1.54) is 0 Å². The van der Waals surface area contributed by atoms with E-state index in [1.54, 1.807) is 12.1 Å². The Labute approximate surface area is 113 Å². The zero-order chi connectivity index (χ0) is 13.8. The van der Waals surface area contributed by atoms with Crippen LogP contribution in [0.3, 0.4) is 0 Å². The van der Waals surface area contributed by atoms with Crippen LogP contribution in [-0.4, -0.2) is 17.0 Å². The predicted octanol–water partition coefficient (Wildman–Crippen LogP) is 2.52. The number of nitro benzene ring substituents is 1. The second-order valence-corrected chi connectivity index (χ2v) is 5.32. The van der Waals surface area contributed by atoms with Gasteiger partial charge < -0.3 is 11.1 Å². The van der Waals surface area contributed by atoms with Gasteiger partial charge in [-0.1, -0.05) is 18.2 Å². The summed E-state index contributed by atoms with van der Waals surface area (Å²) in [5.41, 5.74) is 6.83. The molecule has 0 heterocycles. The molecule has 1 aliphatic carbocycles. The van der Waals surface area contributed by atoms with Gasteiger partial charge in [0.05, 0.1) is 4.92 Å². The number of hydrogen-bond acceptors (Lipinski definition) is 4. The summed E-state index contributed by atoms with van der Waals surface area (Å²) in [6.07, 6.45) is 4.15. The number of hydrogen-bond donors (Lipinski definition) is 2. The molecule has 1 aromatic carbocycles. The average molecular weight is 263 g/mol. The smallest absolute Gasteiger partial charge is 0.274 e. The van der Waals surface area contributed by atoms with Crippen molar-refractivity contribution in [3.63, 3.8) is 0 Å². The van der Waals surface area contributed by atoms with Crippen LogP contribution in [-0.2, 0) is 0 Å². The van der Waals surface area contributed by atoms with Crippen molar-refractivity contribution < 1.29 is 4.92 Å². The van der Waals surface area contributed by atoms with Gasteiger partial charge in [0.1, 0.15) is 0 Å². The first-order valence-corrected chi connectivity index (χ1v) is 6.83. The van der Waals surface area contributed by atoms with Crippen molar-refractivity contribution in [1.82, 2.24) is 5.32 Å². The van der Waals surface area contributed by atoms with E-state index < -0.39 is 0 Å². The summed E-state index contributed by atoms with van der Waals surface area (Å²) in [5.74, 6) is 0. The molecule has 104 valence electrons. The highest BCUT2D eigenvalue weighted by Crippen LogP contribution is 2.26. The monoisotopic (exact) mass is 263 g/mol. The van der Waals surface area contributed by atoms with Gasteiger partial charge in [-0.25, -0.2) is 0 Å². The molecular formula is C14H21N3O2. The molecule has 0 spiro atoms. The first-order chi connectivity index (χ1) is 9.08. The molecule has 5 heteroatoms. The summed E-state index contributed by atoms with van der Waals surface area (Å²) < 4.78 is 0. The number of para-hydroxylation sites is 1. The third-order valence-electron chi connectivity index (χ3n) is 3.86. The molecule has 1 saturated carbocycles. The molecule has 0 saturated heterocycles. The maximum Gasteiger partial charge on any atom is 0.274 e. The topological polar surface area (TPSA) is 81.2 Å². The molecule has 19 heavy (non-hydrogen) atoms. The van der Waals surface area contributed by atoms with Crippen molar-refractivity contribution in [1.29, 1.82) is 0 Å². The molecule has 0 radical (unpaired) electrons. The number of benzene rings is 1. The van der Waals surface area contributed by atoms with E-state index in [9.17, 15) is 10.1 Å². The van der Waals surface area contributed by atoms with Gasteiger partial charge in [-0.05, 0) is 32.6 Å². The second kappa shape index (κ2) is 6.12. The Balaban J connectivity index is 2.03. The quantitative estimate of drug-likeness (QED) is 0.646. The van der Waals surface area contributed by atoms with Crippen LogP contribution in [0.2, 0.25) is 0 Å². The average Bonchev–Trinajstić information content (AvgIpc) is 2.41. The van der Waals surface area contributed by atoms with E-state index in [0.29, 0.717) is 12.1 Å². The van der Waals surface area contributed by atoms with Crippen molar-refractivity contribution in [2.45, 2.75) is 50.7 Å². The van der Waals surface area contributed by atoms with Crippen molar-refractivity contribution in [3.8, 4) is 0 Å². The van der Waals surface area contributed by atoms with Crippen LogP contribution in [0.4, 0.5) is 5.69 Å². The van der Waals surface area contributed by atoms with Crippen molar-refractivity contribution >= 4 is 5.69 Å². The van der Waals surface area contributed by atoms with Gasteiger partial charge in [-0.15, -0.1) is 0 Å². The SMILES string of the molecule is CC(NC1CCC(N)CC1)c1ccccc1[N+](=O)[O-]. The highest BCUT2D eigenvalue weighted by Gasteiger charge is 2.23. The second-order valence-electron chi connectivity index (χ2n) is 5.32. The number of nitrogens with two attached hydrogens (primary N) is 1. The Hall–Kier alpha value is -1.46. The maximum absolute atomic E-state index is 11.0. The number of nitrogens with zero attached hydrogens (tertiary/aromatic N) is 1. The lowest BCUT2D eigenvalue weighted by molar-refractivity contribution is -0.385. The lowest BCUT2D eigenvalue weighted by Crippen LogP contribution is -2.38. The van der Waals surface area contributed by atoms with Crippen molar-refractivity contribution in [3.05, 3.63) is 39.9 Å². The zero-order valence-corrected chi connectivity index (χ0v) is 11.2. The summed E-state index contributed by atoms with van der Waals surface area (Å²) in [6.45, 7) is 1.98. The molecular weight excluding hydrogens is 242 g/mol. The van der Waals surface area contributed by atoms with Gasteiger partial charge >= 0.3 is 0 Å². The zero-order valence-electron chi connectivity index (χ0n) is 11.2. The largest absolute Gasteiger partial charge is 0.328 e. The number of nitro groups is 1. The van der Waals surface area contributed by atoms with Crippen LogP contribution < -0.4 is 11.1 Å². The fraction of sp³-hybridized carbons (Fsp3) is 0.571. The maximum atomic E-state index is 11.0. The minimum atomic E-state index is -0.315. The van der Waals surface area contributed by atoms with Crippen LogP contribution in [0, 0.1) is 10.1 Å². The first-order valence-electron chi connectivity index (χ1n) is 6.83. The fourth-order valence-electron chi connectivity index (χ4n) is 2.75. The Bertz CT molecular complexity index is 442. The normalized spacial score (nSPS) is 24.9. The van der Waals surface area contributed by atoms with Gasteiger partial charge in [0.25, 0.3) is 5.69 Å². The summed E-state index contributed by atoms with van der Waals surface area (Å²) in [7, 11) is 0. The van der Waals surface area contributed by atoms with E-state index in [1.807, 2.05) is 19.1 Å². The third-order valence-corrected chi connectivity index (χ3v) is 3.86. The molecule has 1 aromatic rings. The van der Waals surface area contributed by atoms with E-state index in [-0.39, 0.29) is 16.7 Å². The van der Waals surface area contributed by atoms with Gasteiger partial charge in [0.15, 0.2) is 0 Å². The molecule has 1 fully saturated rings. The van der Waals surface area contributed by atoms with Gasteiger partial charge in [0.2, 0.25) is 0 Å². The highest BCUT2D eigenvalue weighted by molar-refractivity contribution is 5.41. The summed E-state index contributed by atoms with van der Waals surface area (Å²) in [5, 5.41) is 14.5. The molecule has 0 amide bonds. The Morgan fingerprint density at radius 1 is 1.32 bits per heavy atom. The minimum absolute atomic E-state index is 0.0130. The van der Waals surface area contributed by atoms with E-state index in [0.717, 1.165) is 31.2 Å². The Morgan fingerprint density at radius 2 is 1.95 bits per heavy atom. The molecule has 1 atom stereocenters. The van der Waals surface area contributed by atoms with Crippen LogP contribution in [0.15, 0.2) is 24.3 Å². The molecule has 5 nitrogen and oxygen atoms in total. The van der Waals surface area contributed by atoms with Crippen LogP contribution in [0.25, 0.3) is 0 Å². The van der Waals surface area contributed by atoms with E-state index in [4.69, 9.17) is 5.73 Å². The van der Waals surface area contributed by atoms with Crippen molar-refractivity contribution in [2.75, 3.05) is 0 Å². The summed E-state index contributed by atoms with van der Waals surface area (Å²) >= 11 is 0. The molecule has 2 rings (SSSR count). The number of rotatable bonds is 4. The predicted molar refractivity (Wildman–Crippen MR) is 74.9 cm³/mol.